The van der Waals surface area contributed by atoms with Crippen LogP contribution in [0.4, 0.5) is 13.2 Å². The number of alkyl halides is 3. The molecule has 0 aliphatic rings. The van der Waals surface area contributed by atoms with Crippen LogP contribution in [0.5, 0.6) is 5.75 Å². The number of ether oxygens (including phenoxy) is 1. The van der Waals surface area contributed by atoms with Crippen molar-refractivity contribution in [2.24, 2.45) is 0 Å². The lowest BCUT2D eigenvalue weighted by molar-refractivity contribution is -0.152. The first kappa shape index (κ1) is 24.1. The van der Waals surface area contributed by atoms with Crippen molar-refractivity contribution in [2.75, 3.05) is 0 Å². The Hall–Kier alpha value is -4.65. The zero-order valence-electron chi connectivity index (χ0n) is 19.5. The van der Waals surface area contributed by atoms with Crippen LogP contribution in [0.25, 0.3) is 38.9 Å². The van der Waals surface area contributed by atoms with Crippen LogP contribution in [0.2, 0.25) is 0 Å². The van der Waals surface area contributed by atoms with Crippen molar-refractivity contribution in [3.8, 4) is 16.9 Å². The normalized spacial score (nSPS) is 11.9. The summed E-state index contributed by atoms with van der Waals surface area (Å²) < 4.78 is 52.8. The Morgan fingerprint density at radius 2 is 1.62 bits per heavy atom. The minimum Gasteiger partial charge on any atom is -0.450 e. The van der Waals surface area contributed by atoms with E-state index in [2.05, 4.69) is 0 Å². The largest absolute Gasteiger partial charge is 0.450 e. The lowest BCUT2D eigenvalue weighted by Crippen LogP contribution is -2.16. The molecule has 0 aliphatic carbocycles. The summed E-state index contributed by atoms with van der Waals surface area (Å²) in [5, 5.41) is 1.12. The smallest absolute Gasteiger partial charge is 0.450 e. The van der Waals surface area contributed by atoms with Crippen LogP contribution in [0.3, 0.4) is 0 Å². The first-order chi connectivity index (χ1) is 17.7. The van der Waals surface area contributed by atoms with Crippen LogP contribution in [0.1, 0.15) is 16.9 Å². The molecule has 0 radical (unpaired) electrons. The highest BCUT2D eigenvalue weighted by Crippen LogP contribution is 2.39. The Labute approximate surface area is 209 Å². The van der Waals surface area contributed by atoms with Gasteiger partial charge in [-0.2, -0.15) is 13.2 Å². The number of carbonyl (C=O) groups is 1. The minimum absolute atomic E-state index is 0.0553. The molecule has 0 atom stereocenters. The monoisotopic (exact) mass is 500 g/mol. The van der Waals surface area contributed by atoms with Gasteiger partial charge >= 0.3 is 12.1 Å². The average molecular weight is 500 g/mol. The Bertz CT molecular complexity index is 1720. The molecule has 0 saturated heterocycles. The van der Waals surface area contributed by atoms with Crippen molar-refractivity contribution in [1.29, 1.82) is 0 Å². The van der Waals surface area contributed by atoms with Gasteiger partial charge in [0.25, 0.3) is 0 Å². The van der Waals surface area contributed by atoms with E-state index in [-0.39, 0.29) is 22.3 Å². The number of carbonyl (C=O) groups excluding carboxylic acids is 1. The van der Waals surface area contributed by atoms with E-state index in [0.717, 1.165) is 17.2 Å². The van der Waals surface area contributed by atoms with Crippen LogP contribution in [-0.4, -0.2) is 5.97 Å². The minimum atomic E-state index is -4.94. The van der Waals surface area contributed by atoms with E-state index in [1.165, 1.54) is 24.3 Å². The van der Waals surface area contributed by atoms with Gasteiger partial charge < -0.3 is 9.15 Å². The number of rotatable bonds is 4. The number of fused-ring (bicyclic) bond motifs is 2. The second-order valence-corrected chi connectivity index (χ2v) is 8.48. The zero-order chi connectivity index (χ0) is 26.2. The number of esters is 1. The summed E-state index contributed by atoms with van der Waals surface area (Å²) in [6.45, 7) is 1.94. The summed E-state index contributed by atoms with van der Waals surface area (Å²) in [6.07, 6.45) is -2.18. The maximum Gasteiger partial charge on any atom is 0.450 e. The van der Waals surface area contributed by atoms with Crippen LogP contribution in [-0.2, 0) is 11.0 Å². The van der Waals surface area contributed by atoms with Crippen molar-refractivity contribution < 1.29 is 27.1 Å². The van der Waals surface area contributed by atoms with Gasteiger partial charge in [-0.3, -0.25) is 4.79 Å². The fourth-order valence-corrected chi connectivity index (χ4v) is 4.12. The molecule has 0 spiro atoms. The fraction of sp³-hybridized carbons (Fsp3) is 0.0667. The highest BCUT2D eigenvalue weighted by Gasteiger charge is 2.39. The fourth-order valence-electron chi connectivity index (χ4n) is 4.12. The molecule has 5 rings (SSSR count). The second kappa shape index (κ2) is 9.43. The van der Waals surface area contributed by atoms with Crippen molar-refractivity contribution in [3.05, 3.63) is 118 Å². The molecular weight excluding hydrogens is 481 g/mol. The van der Waals surface area contributed by atoms with Gasteiger partial charge in [0.15, 0.2) is 0 Å². The topological polar surface area (TPSA) is 56.5 Å². The number of hydrogen-bond donors (Lipinski definition) is 0. The molecular formula is C30H19F3O4. The van der Waals surface area contributed by atoms with E-state index in [4.69, 9.17) is 9.15 Å². The van der Waals surface area contributed by atoms with Crippen LogP contribution in [0.15, 0.2) is 100 Å². The van der Waals surface area contributed by atoms with E-state index in [1.807, 2.05) is 31.2 Å². The third-order valence-electron chi connectivity index (χ3n) is 5.89. The van der Waals surface area contributed by atoms with Crippen molar-refractivity contribution in [1.82, 2.24) is 0 Å². The quantitative estimate of drug-likeness (QED) is 0.145. The summed E-state index contributed by atoms with van der Waals surface area (Å²) in [4.78, 5) is 25.6. The van der Waals surface area contributed by atoms with Gasteiger partial charge in [0, 0.05) is 12.1 Å². The molecule has 0 amide bonds. The first-order valence-corrected chi connectivity index (χ1v) is 11.3. The Morgan fingerprint density at radius 1 is 0.892 bits per heavy atom. The zero-order valence-corrected chi connectivity index (χ0v) is 19.5. The molecule has 0 unspecified atom stereocenters. The molecule has 1 heterocycles. The number of halogens is 3. The van der Waals surface area contributed by atoms with Gasteiger partial charge in [0.05, 0.1) is 10.9 Å². The molecule has 0 bridgehead atoms. The number of benzene rings is 4. The van der Waals surface area contributed by atoms with Gasteiger partial charge in [0.2, 0.25) is 11.2 Å². The molecule has 0 saturated carbocycles. The summed E-state index contributed by atoms with van der Waals surface area (Å²) >= 11 is 0. The molecule has 0 fully saturated rings. The predicted molar refractivity (Wildman–Crippen MR) is 136 cm³/mol. The second-order valence-electron chi connectivity index (χ2n) is 8.48. The summed E-state index contributed by atoms with van der Waals surface area (Å²) in [5.74, 6) is -2.20. The van der Waals surface area contributed by atoms with Crippen LogP contribution in [0, 0.1) is 6.92 Å². The van der Waals surface area contributed by atoms with Crippen LogP contribution < -0.4 is 10.2 Å². The Morgan fingerprint density at radius 3 is 2.38 bits per heavy atom. The third-order valence-corrected chi connectivity index (χ3v) is 5.89. The molecule has 4 aromatic carbocycles. The Balaban J connectivity index is 1.56. The lowest BCUT2D eigenvalue weighted by Gasteiger charge is -2.14. The maximum absolute atomic E-state index is 14.1. The lowest BCUT2D eigenvalue weighted by atomic mass is 9.96. The molecule has 184 valence electrons. The van der Waals surface area contributed by atoms with E-state index in [1.54, 1.807) is 42.5 Å². The highest BCUT2D eigenvalue weighted by atomic mass is 19.4. The SMILES string of the molecule is Cc1ccc(C=CC(=O)Oc2ccc3c(=O)c(-c4cccc5ccccc45)c(C(F)(F)F)oc3c2)cc1. The van der Waals surface area contributed by atoms with E-state index >= 15 is 0 Å². The van der Waals surface area contributed by atoms with Crippen LogP contribution >= 0.6 is 0 Å². The molecule has 37 heavy (non-hydrogen) atoms. The number of hydrogen-bond acceptors (Lipinski definition) is 4. The summed E-state index contributed by atoms with van der Waals surface area (Å²) in [5.41, 5.74) is 0.235. The van der Waals surface area contributed by atoms with Gasteiger partial charge in [-0.25, -0.2) is 4.79 Å². The predicted octanol–water partition coefficient (Wildman–Crippen LogP) is 7.56. The Kier molecular flexibility index (Phi) is 6.13. The standard InChI is InChI=1S/C30H19F3O4/c1-18-9-11-19(12-10-18)13-16-26(34)36-21-14-15-24-25(17-21)37-29(30(31,32)33)27(28(24)35)23-8-4-6-20-5-2-3-7-22(20)23/h2-17H,1H3. The molecule has 7 heteroatoms. The summed E-state index contributed by atoms with van der Waals surface area (Å²) in [6, 6.07) is 22.9. The van der Waals surface area contributed by atoms with Gasteiger partial charge in [-0.1, -0.05) is 72.3 Å². The van der Waals surface area contributed by atoms with E-state index < -0.39 is 28.9 Å². The summed E-state index contributed by atoms with van der Waals surface area (Å²) in [7, 11) is 0. The van der Waals surface area contributed by atoms with Gasteiger partial charge in [-0.05, 0) is 47.0 Å². The van der Waals surface area contributed by atoms with E-state index in [0.29, 0.717) is 10.8 Å². The van der Waals surface area contributed by atoms with Crippen molar-refractivity contribution >= 4 is 33.8 Å². The molecule has 4 nitrogen and oxygen atoms in total. The first-order valence-electron chi connectivity index (χ1n) is 11.3. The number of aryl methyl sites for hydroxylation is 1. The highest BCUT2D eigenvalue weighted by molar-refractivity contribution is 5.99. The molecule has 1 aromatic heterocycles. The van der Waals surface area contributed by atoms with Gasteiger partial charge in [0.1, 0.15) is 11.3 Å². The van der Waals surface area contributed by atoms with E-state index in [9.17, 15) is 22.8 Å². The van der Waals surface area contributed by atoms with Gasteiger partial charge in [-0.15, -0.1) is 0 Å². The van der Waals surface area contributed by atoms with Crippen molar-refractivity contribution in [2.45, 2.75) is 13.1 Å². The molecule has 0 aliphatic heterocycles. The molecule has 0 N–H and O–H groups in total. The third kappa shape index (κ3) is 4.89. The maximum atomic E-state index is 14.1. The van der Waals surface area contributed by atoms with Crippen molar-refractivity contribution in [3.63, 3.8) is 0 Å². The molecule has 5 aromatic rings. The average Bonchev–Trinajstić information content (AvgIpc) is 2.87.